The molecule has 2 aromatic carbocycles. The van der Waals surface area contributed by atoms with Crippen molar-refractivity contribution in [1.29, 1.82) is 0 Å². The van der Waals surface area contributed by atoms with E-state index in [0.29, 0.717) is 16.9 Å². The van der Waals surface area contributed by atoms with Crippen LogP contribution in [0.3, 0.4) is 0 Å². The van der Waals surface area contributed by atoms with Gasteiger partial charge in [-0.25, -0.2) is 12.7 Å². The van der Waals surface area contributed by atoms with Gasteiger partial charge in [0, 0.05) is 23.0 Å². The number of hydrogen-bond donors (Lipinski definition) is 1. The Balaban J connectivity index is 1.50. The molecule has 1 N–H and O–H groups in total. The van der Waals surface area contributed by atoms with Crippen molar-refractivity contribution < 1.29 is 17.9 Å². The zero-order valence-corrected chi connectivity index (χ0v) is 17.2. The summed E-state index contributed by atoms with van der Waals surface area (Å²) in [5.41, 5.74) is 4.39. The predicted molar refractivity (Wildman–Crippen MR) is 116 cm³/mol. The number of pyridine rings is 1. The van der Waals surface area contributed by atoms with Gasteiger partial charge in [-0.05, 0) is 61.0 Å². The number of nitrogens with zero attached hydrogens (tertiary/aromatic N) is 2. The summed E-state index contributed by atoms with van der Waals surface area (Å²) in [5, 5.41) is 2.87. The topological polar surface area (TPSA) is 88.6 Å². The lowest BCUT2D eigenvalue weighted by Gasteiger charge is -2.28. The van der Waals surface area contributed by atoms with Crippen LogP contribution in [0.5, 0.6) is 0 Å². The van der Waals surface area contributed by atoms with Crippen molar-refractivity contribution in [2.75, 3.05) is 28.7 Å². The number of sulfonamides is 1. The summed E-state index contributed by atoms with van der Waals surface area (Å²) in [4.78, 5) is 17.0. The van der Waals surface area contributed by atoms with Crippen LogP contribution in [0.1, 0.15) is 15.9 Å². The minimum absolute atomic E-state index is 0.0202. The highest BCUT2D eigenvalue weighted by Gasteiger charge is 2.26. The highest BCUT2D eigenvalue weighted by Crippen LogP contribution is 2.24. The Kier molecular flexibility index (Phi) is 5.52. The zero-order chi connectivity index (χ0) is 21.1. The van der Waals surface area contributed by atoms with E-state index < -0.39 is 10.0 Å². The van der Waals surface area contributed by atoms with Crippen LogP contribution >= 0.6 is 0 Å². The number of aromatic nitrogens is 1. The van der Waals surface area contributed by atoms with Gasteiger partial charge in [-0.2, -0.15) is 0 Å². The molecule has 1 aromatic heterocycles. The maximum atomic E-state index is 12.6. The van der Waals surface area contributed by atoms with E-state index in [2.05, 4.69) is 10.3 Å². The third-order valence-electron chi connectivity index (χ3n) is 4.78. The molecule has 0 atom stereocenters. The first-order valence-corrected chi connectivity index (χ1v) is 11.1. The van der Waals surface area contributed by atoms with Gasteiger partial charge in [-0.15, -0.1) is 0 Å². The largest absolute Gasteiger partial charge is 0.359 e. The summed E-state index contributed by atoms with van der Waals surface area (Å²) in [6.07, 6.45) is 1.76. The van der Waals surface area contributed by atoms with Crippen LogP contribution in [-0.2, 0) is 14.8 Å². The minimum Gasteiger partial charge on any atom is -0.359 e. The summed E-state index contributed by atoms with van der Waals surface area (Å²) in [7, 11) is -3.39. The molecule has 0 aliphatic carbocycles. The number of amides is 1. The van der Waals surface area contributed by atoms with E-state index in [1.54, 1.807) is 30.5 Å². The highest BCUT2D eigenvalue weighted by atomic mass is 32.2. The molecule has 8 heteroatoms. The van der Waals surface area contributed by atoms with Crippen molar-refractivity contribution in [3.05, 3.63) is 78.0 Å². The van der Waals surface area contributed by atoms with Gasteiger partial charge in [0.15, 0.2) is 0 Å². The number of nitrogens with one attached hydrogen (secondary N) is 1. The van der Waals surface area contributed by atoms with Crippen LogP contribution in [0.2, 0.25) is 0 Å². The van der Waals surface area contributed by atoms with Crippen molar-refractivity contribution in [3.8, 4) is 11.3 Å². The average molecular weight is 423 g/mol. The van der Waals surface area contributed by atoms with Gasteiger partial charge in [-0.3, -0.25) is 9.78 Å². The second-order valence-corrected chi connectivity index (χ2v) is 9.01. The quantitative estimate of drug-likeness (QED) is 0.695. The van der Waals surface area contributed by atoms with Gasteiger partial charge in [0.2, 0.25) is 10.0 Å². The number of rotatable bonds is 4. The molecule has 4 rings (SSSR count). The van der Waals surface area contributed by atoms with Gasteiger partial charge < -0.3 is 10.1 Å². The first kappa shape index (κ1) is 20.1. The van der Waals surface area contributed by atoms with Crippen LogP contribution in [0, 0.1) is 6.92 Å². The summed E-state index contributed by atoms with van der Waals surface area (Å²) < 4.78 is 30.8. The third kappa shape index (κ3) is 4.34. The normalized spacial score (nSPS) is 15.6. The minimum atomic E-state index is -3.39. The number of aryl methyl sites for hydroxylation is 1. The SMILES string of the molecule is Cc1ccnc(-c2cccc(NC(=O)c3ccc(N4COCCS4(=O)=O)cc3)c2)c1. The Morgan fingerprint density at radius 2 is 1.90 bits per heavy atom. The Morgan fingerprint density at radius 1 is 1.10 bits per heavy atom. The Labute approximate surface area is 175 Å². The van der Waals surface area contributed by atoms with Crippen molar-refractivity contribution in [1.82, 2.24) is 4.98 Å². The maximum absolute atomic E-state index is 12.6. The lowest BCUT2D eigenvalue weighted by Crippen LogP contribution is -2.41. The van der Waals surface area contributed by atoms with Gasteiger partial charge in [0.05, 0.1) is 23.7 Å². The maximum Gasteiger partial charge on any atom is 0.255 e. The molecule has 2 heterocycles. The van der Waals surface area contributed by atoms with Crippen LogP contribution in [-0.4, -0.2) is 38.4 Å². The molecule has 0 spiro atoms. The predicted octanol–water partition coefficient (Wildman–Crippen LogP) is 3.43. The molecule has 0 saturated carbocycles. The van der Waals surface area contributed by atoms with Crippen LogP contribution in [0.15, 0.2) is 66.9 Å². The van der Waals surface area contributed by atoms with Crippen molar-refractivity contribution in [2.24, 2.45) is 0 Å². The number of ether oxygens (including phenoxy) is 1. The number of carbonyl (C=O) groups excluding carboxylic acids is 1. The molecule has 1 aliphatic heterocycles. The molecular formula is C22H21N3O4S. The second kappa shape index (κ2) is 8.25. The summed E-state index contributed by atoms with van der Waals surface area (Å²) in [6, 6.07) is 17.8. The number of benzene rings is 2. The van der Waals surface area contributed by atoms with Crippen molar-refractivity contribution in [3.63, 3.8) is 0 Å². The molecule has 1 amide bonds. The number of carbonyl (C=O) groups is 1. The molecule has 1 fully saturated rings. The second-order valence-electron chi connectivity index (χ2n) is 7.00. The Bertz CT molecular complexity index is 1180. The summed E-state index contributed by atoms with van der Waals surface area (Å²) in [5.74, 6) is -0.338. The molecule has 3 aromatic rings. The summed E-state index contributed by atoms with van der Waals surface area (Å²) >= 11 is 0. The smallest absolute Gasteiger partial charge is 0.255 e. The van der Waals surface area contributed by atoms with E-state index in [-0.39, 0.29) is 25.0 Å². The number of anilines is 2. The number of hydrogen-bond acceptors (Lipinski definition) is 5. The van der Waals surface area contributed by atoms with Gasteiger partial charge >= 0.3 is 0 Å². The molecule has 1 saturated heterocycles. The average Bonchev–Trinajstić information content (AvgIpc) is 2.74. The molecular weight excluding hydrogens is 402 g/mol. The standard InChI is InChI=1S/C22H21N3O4S/c1-16-9-10-23-21(13-16)18-3-2-4-19(14-18)24-22(26)17-5-7-20(8-6-17)25-15-29-11-12-30(25,27)28/h2-10,13-14H,11-12,15H2,1H3,(H,24,26). The van der Waals surface area contributed by atoms with Gasteiger partial charge in [0.25, 0.3) is 5.91 Å². The molecule has 0 unspecified atom stereocenters. The monoisotopic (exact) mass is 423 g/mol. The van der Waals surface area contributed by atoms with Gasteiger partial charge in [-0.1, -0.05) is 12.1 Å². The molecule has 0 radical (unpaired) electrons. The van der Waals surface area contributed by atoms with Gasteiger partial charge in [0.1, 0.15) is 6.73 Å². The summed E-state index contributed by atoms with van der Waals surface area (Å²) in [6.45, 7) is 2.17. The van der Waals surface area contributed by atoms with Crippen LogP contribution in [0.4, 0.5) is 11.4 Å². The fraction of sp³-hybridized carbons (Fsp3) is 0.182. The van der Waals surface area contributed by atoms with E-state index in [0.717, 1.165) is 16.8 Å². The molecule has 7 nitrogen and oxygen atoms in total. The van der Waals surface area contributed by atoms with Crippen molar-refractivity contribution >= 4 is 27.3 Å². The molecule has 0 bridgehead atoms. The van der Waals surface area contributed by atoms with Crippen molar-refractivity contribution in [2.45, 2.75) is 6.92 Å². The Hall–Kier alpha value is -3.23. The van der Waals surface area contributed by atoms with E-state index in [9.17, 15) is 13.2 Å². The highest BCUT2D eigenvalue weighted by molar-refractivity contribution is 7.92. The zero-order valence-electron chi connectivity index (χ0n) is 16.4. The van der Waals surface area contributed by atoms with E-state index in [1.807, 2.05) is 43.3 Å². The Morgan fingerprint density at radius 3 is 2.63 bits per heavy atom. The van der Waals surface area contributed by atoms with Crippen LogP contribution in [0.25, 0.3) is 11.3 Å². The molecule has 30 heavy (non-hydrogen) atoms. The molecule has 154 valence electrons. The first-order valence-electron chi connectivity index (χ1n) is 9.45. The third-order valence-corrected chi connectivity index (χ3v) is 6.45. The fourth-order valence-electron chi connectivity index (χ4n) is 3.17. The fourth-order valence-corrected chi connectivity index (χ4v) is 4.40. The van der Waals surface area contributed by atoms with Crippen LogP contribution < -0.4 is 9.62 Å². The lowest BCUT2D eigenvalue weighted by molar-refractivity contribution is 0.102. The van der Waals surface area contributed by atoms with E-state index in [4.69, 9.17) is 4.74 Å². The molecule has 1 aliphatic rings. The van der Waals surface area contributed by atoms with E-state index >= 15 is 0 Å². The van der Waals surface area contributed by atoms with E-state index in [1.165, 1.54) is 4.31 Å². The first-order chi connectivity index (χ1) is 14.4. The lowest BCUT2D eigenvalue weighted by atomic mass is 10.1.